The molecular formula is C8H10BrNO6. The van der Waals surface area contributed by atoms with Gasteiger partial charge in [0.25, 0.3) is 5.91 Å². The number of likely N-dealkylation sites (tertiary alicyclic amines) is 1. The standard InChI is InChI=1S/C8H10BrNO6/c9-1-2-16-5-3-4(7(12)13)10(6(5)11)8(14)15/h4-5H,1-3H2,(H,12,13)(H,14,15)/t4-,5-/m0/s1. The van der Waals surface area contributed by atoms with Crippen LogP contribution in [0.3, 0.4) is 0 Å². The quantitative estimate of drug-likeness (QED) is 0.715. The van der Waals surface area contributed by atoms with E-state index in [2.05, 4.69) is 15.9 Å². The molecule has 1 rings (SSSR count). The summed E-state index contributed by atoms with van der Waals surface area (Å²) in [4.78, 5) is 33.3. The van der Waals surface area contributed by atoms with E-state index in [4.69, 9.17) is 14.9 Å². The van der Waals surface area contributed by atoms with E-state index in [1.54, 1.807) is 0 Å². The van der Waals surface area contributed by atoms with Gasteiger partial charge in [0, 0.05) is 11.8 Å². The Morgan fingerprint density at radius 2 is 2.12 bits per heavy atom. The van der Waals surface area contributed by atoms with E-state index < -0.39 is 30.1 Å². The summed E-state index contributed by atoms with van der Waals surface area (Å²) >= 11 is 3.08. The summed E-state index contributed by atoms with van der Waals surface area (Å²) in [5, 5.41) is 18.0. The topological polar surface area (TPSA) is 104 Å². The number of ether oxygens (including phenoxy) is 1. The maximum absolute atomic E-state index is 11.5. The van der Waals surface area contributed by atoms with Crippen molar-refractivity contribution in [3.05, 3.63) is 0 Å². The summed E-state index contributed by atoms with van der Waals surface area (Å²) in [7, 11) is 0. The zero-order chi connectivity index (χ0) is 12.3. The van der Waals surface area contributed by atoms with Gasteiger partial charge in [0.1, 0.15) is 12.1 Å². The Balaban J connectivity index is 2.78. The van der Waals surface area contributed by atoms with Crippen molar-refractivity contribution in [2.75, 3.05) is 11.9 Å². The van der Waals surface area contributed by atoms with Gasteiger partial charge in [-0.3, -0.25) is 4.79 Å². The second kappa shape index (κ2) is 5.26. The van der Waals surface area contributed by atoms with Crippen molar-refractivity contribution >= 4 is 33.9 Å². The molecule has 0 aromatic carbocycles. The van der Waals surface area contributed by atoms with Gasteiger partial charge in [-0.1, -0.05) is 15.9 Å². The van der Waals surface area contributed by atoms with Crippen LogP contribution in [-0.2, 0) is 14.3 Å². The Hall–Kier alpha value is -1.15. The van der Waals surface area contributed by atoms with E-state index in [-0.39, 0.29) is 13.0 Å². The predicted octanol–water partition coefficient (Wildman–Crippen LogP) is 0.130. The fraction of sp³-hybridized carbons (Fsp3) is 0.625. The molecule has 1 fully saturated rings. The van der Waals surface area contributed by atoms with Gasteiger partial charge in [0.05, 0.1) is 6.61 Å². The third-order valence-electron chi connectivity index (χ3n) is 2.15. The molecule has 1 saturated heterocycles. The summed E-state index contributed by atoms with van der Waals surface area (Å²) in [6, 6.07) is -1.36. The van der Waals surface area contributed by atoms with E-state index in [0.29, 0.717) is 10.2 Å². The van der Waals surface area contributed by atoms with Crippen LogP contribution in [0.4, 0.5) is 4.79 Å². The van der Waals surface area contributed by atoms with Gasteiger partial charge in [0.2, 0.25) is 0 Å². The van der Waals surface area contributed by atoms with E-state index in [1.165, 1.54) is 0 Å². The average molecular weight is 296 g/mol. The highest BCUT2D eigenvalue weighted by atomic mass is 79.9. The highest BCUT2D eigenvalue weighted by Gasteiger charge is 2.47. The Morgan fingerprint density at radius 1 is 1.50 bits per heavy atom. The van der Waals surface area contributed by atoms with E-state index in [9.17, 15) is 14.4 Å². The van der Waals surface area contributed by atoms with E-state index in [1.807, 2.05) is 0 Å². The minimum absolute atomic E-state index is 0.145. The third kappa shape index (κ3) is 2.50. The normalized spacial score (nSPS) is 24.8. The van der Waals surface area contributed by atoms with Crippen LogP contribution < -0.4 is 0 Å². The molecule has 2 N–H and O–H groups in total. The summed E-state index contributed by atoms with van der Waals surface area (Å²) in [5.74, 6) is -2.17. The smallest absolute Gasteiger partial charge is 0.414 e. The van der Waals surface area contributed by atoms with Crippen molar-refractivity contribution in [1.29, 1.82) is 0 Å². The molecule has 0 aromatic rings. The number of halogens is 1. The lowest BCUT2D eigenvalue weighted by molar-refractivity contribution is -0.145. The van der Waals surface area contributed by atoms with Crippen LogP contribution >= 0.6 is 15.9 Å². The van der Waals surface area contributed by atoms with Crippen molar-refractivity contribution in [1.82, 2.24) is 4.90 Å². The molecule has 1 heterocycles. The van der Waals surface area contributed by atoms with Gasteiger partial charge in [-0.2, -0.15) is 0 Å². The predicted molar refractivity (Wildman–Crippen MR) is 54.4 cm³/mol. The maximum atomic E-state index is 11.5. The molecule has 8 heteroatoms. The molecule has 0 aromatic heterocycles. The number of aliphatic carboxylic acids is 1. The number of rotatable bonds is 4. The van der Waals surface area contributed by atoms with Crippen molar-refractivity contribution < 1.29 is 29.3 Å². The average Bonchev–Trinajstić information content (AvgIpc) is 2.53. The number of carbonyl (C=O) groups excluding carboxylic acids is 1. The van der Waals surface area contributed by atoms with E-state index in [0.717, 1.165) is 0 Å². The number of alkyl halides is 1. The van der Waals surface area contributed by atoms with Crippen molar-refractivity contribution in [2.45, 2.75) is 18.6 Å². The van der Waals surface area contributed by atoms with Gasteiger partial charge in [-0.15, -0.1) is 0 Å². The molecule has 2 atom stereocenters. The van der Waals surface area contributed by atoms with Crippen LogP contribution in [0.1, 0.15) is 6.42 Å². The lowest BCUT2D eigenvalue weighted by Gasteiger charge is -2.14. The van der Waals surface area contributed by atoms with Gasteiger partial charge in [0.15, 0.2) is 0 Å². The Labute approximate surface area is 99.1 Å². The van der Waals surface area contributed by atoms with Crippen LogP contribution in [0.5, 0.6) is 0 Å². The maximum Gasteiger partial charge on any atom is 0.414 e. The summed E-state index contributed by atoms with van der Waals surface area (Å²) in [6.07, 6.45) is -2.70. The molecule has 7 nitrogen and oxygen atoms in total. The molecule has 0 saturated carbocycles. The number of carboxylic acid groups (broad SMARTS) is 2. The number of imide groups is 1. The van der Waals surface area contributed by atoms with Crippen LogP contribution in [0.2, 0.25) is 0 Å². The largest absolute Gasteiger partial charge is 0.480 e. The highest BCUT2D eigenvalue weighted by molar-refractivity contribution is 9.09. The fourth-order valence-corrected chi connectivity index (χ4v) is 1.67. The Morgan fingerprint density at radius 3 is 2.50 bits per heavy atom. The molecule has 90 valence electrons. The number of hydrogen-bond acceptors (Lipinski definition) is 4. The first-order valence-corrected chi connectivity index (χ1v) is 5.57. The molecule has 0 aliphatic carbocycles. The SMILES string of the molecule is O=C(O)[C@@H]1C[C@H](OCCBr)C(=O)N1C(=O)O. The molecule has 0 radical (unpaired) electrons. The molecule has 0 bridgehead atoms. The minimum Gasteiger partial charge on any atom is -0.480 e. The first kappa shape index (κ1) is 12.9. The Kier molecular flexibility index (Phi) is 4.25. The van der Waals surface area contributed by atoms with Crippen LogP contribution in [0.25, 0.3) is 0 Å². The summed E-state index contributed by atoms with van der Waals surface area (Å²) < 4.78 is 5.06. The zero-order valence-corrected chi connectivity index (χ0v) is 9.71. The molecular weight excluding hydrogens is 286 g/mol. The van der Waals surface area contributed by atoms with Crippen molar-refractivity contribution in [3.63, 3.8) is 0 Å². The number of nitrogens with zero attached hydrogens (tertiary/aromatic N) is 1. The molecule has 16 heavy (non-hydrogen) atoms. The summed E-state index contributed by atoms with van der Waals surface area (Å²) in [6.45, 7) is 0.218. The van der Waals surface area contributed by atoms with Crippen LogP contribution in [-0.4, -0.2) is 57.2 Å². The van der Waals surface area contributed by atoms with Crippen molar-refractivity contribution in [2.24, 2.45) is 0 Å². The van der Waals surface area contributed by atoms with Gasteiger partial charge >= 0.3 is 12.1 Å². The van der Waals surface area contributed by atoms with Gasteiger partial charge < -0.3 is 14.9 Å². The number of amides is 2. The Bertz CT molecular complexity index is 320. The highest BCUT2D eigenvalue weighted by Crippen LogP contribution is 2.22. The van der Waals surface area contributed by atoms with Gasteiger partial charge in [-0.05, 0) is 0 Å². The van der Waals surface area contributed by atoms with Gasteiger partial charge in [-0.25, -0.2) is 14.5 Å². The lowest BCUT2D eigenvalue weighted by atomic mass is 10.2. The lowest BCUT2D eigenvalue weighted by Crippen LogP contribution is -2.42. The second-order valence-electron chi connectivity index (χ2n) is 3.13. The summed E-state index contributed by atoms with van der Waals surface area (Å²) in [5.41, 5.74) is 0. The van der Waals surface area contributed by atoms with Crippen molar-refractivity contribution in [3.8, 4) is 0 Å². The molecule has 2 amide bonds. The third-order valence-corrected chi connectivity index (χ3v) is 2.47. The molecule has 1 aliphatic heterocycles. The molecule has 1 aliphatic rings. The first-order chi connectivity index (χ1) is 7.49. The monoisotopic (exact) mass is 295 g/mol. The second-order valence-corrected chi connectivity index (χ2v) is 3.92. The molecule has 0 spiro atoms. The number of carbonyl (C=O) groups is 3. The number of carboxylic acids is 1. The van der Waals surface area contributed by atoms with Crippen LogP contribution in [0.15, 0.2) is 0 Å². The minimum atomic E-state index is -1.57. The van der Waals surface area contributed by atoms with Crippen LogP contribution in [0, 0.1) is 0 Å². The number of hydrogen-bond donors (Lipinski definition) is 2. The zero-order valence-electron chi connectivity index (χ0n) is 8.13. The first-order valence-electron chi connectivity index (χ1n) is 4.45. The van der Waals surface area contributed by atoms with E-state index >= 15 is 0 Å². The fourth-order valence-electron chi connectivity index (χ4n) is 1.48. The molecule has 0 unspecified atom stereocenters.